The Kier molecular flexibility index (Phi) is 11.7. The van der Waals surface area contributed by atoms with E-state index in [1.54, 1.807) is 0 Å². The van der Waals surface area contributed by atoms with E-state index >= 15 is 0 Å². The van der Waals surface area contributed by atoms with E-state index in [0.29, 0.717) is 0 Å². The van der Waals surface area contributed by atoms with Crippen molar-refractivity contribution in [2.75, 3.05) is 19.4 Å². The van der Waals surface area contributed by atoms with Crippen molar-refractivity contribution in [3.8, 4) is 0 Å². The summed E-state index contributed by atoms with van der Waals surface area (Å²) in [7, 11) is -1.72. The highest BCUT2D eigenvalue weighted by atomic mass is 127. The molecule has 0 radical (unpaired) electrons. The van der Waals surface area contributed by atoms with Crippen LogP contribution in [0.15, 0.2) is 115 Å². The molecule has 0 atom stereocenters. The van der Waals surface area contributed by atoms with E-state index in [1.165, 1.54) is 21.5 Å². The van der Waals surface area contributed by atoms with Gasteiger partial charge in [-0.15, -0.1) is 0 Å². The second-order valence-electron chi connectivity index (χ2n) is 8.83. The molecule has 0 amide bonds. The Hall–Kier alpha value is -1.78. The highest BCUT2D eigenvalue weighted by Gasteiger charge is 2.44. The van der Waals surface area contributed by atoms with E-state index in [4.69, 9.17) is 9.47 Å². The summed E-state index contributed by atoms with van der Waals surface area (Å²) in [6.07, 6.45) is 12.1. The highest BCUT2D eigenvalue weighted by Crippen LogP contribution is 2.55. The second-order valence-corrected chi connectivity index (χ2v) is 12.4. The van der Waals surface area contributed by atoms with E-state index < -0.39 is 7.26 Å². The number of hydrogen-bond acceptors (Lipinski definition) is 2. The summed E-state index contributed by atoms with van der Waals surface area (Å²) in [4.78, 5) is 0. The third-order valence-electron chi connectivity index (χ3n) is 6.44. The highest BCUT2D eigenvalue weighted by molar-refractivity contribution is 7.95. The van der Waals surface area contributed by atoms with Gasteiger partial charge in [0, 0.05) is 6.42 Å². The van der Waals surface area contributed by atoms with Gasteiger partial charge in [0.2, 0.25) is 0 Å². The lowest BCUT2D eigenvalue weighted by molar-refractivity contribution is -0.0461. The van der Waals surface area contributed by atoms with Crippen LogP contribution < -0.4 is 39.9 Å². The quantitative estimate of drug-likeness (QED) is 0.146. The van der Waals surface area contributed by atoms with Crippen LogP contribution >= 0.6 is 7.26 Å². The van der Waals surface area contributed by atoms with Crippen molar-refractivity contribution in [2.24, 2.45) is 0 Å². The van der Waals surface area contributed by atoms with Crippen molar-refractivity contribution in [3.05, 3.63) is 115 Å². The van der Waals surface area contributed by atoms with Gasteiger partial charge in [-0.05, 0) is 62.6 Å². The Bertz CT molecular complexity index is 948. The zero-order chi connectivity index (χ0) is 23.5. The molecule has 35 heavy (non-hydrogen) atoms. The Morgan fingerprint density at radius 1 is 0.800 bits per heavy atom. The molecular weight excluding hydrogens is 562 g/mol. The van der Waals surface area contributed by atoms with Gasteiger partial charge in [-0.25, -0.2) is 0 Å². The number of unbranched alkanes of at least 4 members (excludes halogenated alkanes) is 1. The Labute approximate surface area is 228 Å². The predicted molar refractivity (Wildman–Crippen MR) is 147 cm³/mol. The van der Waals surface area contributed by atoms with Crippen LogP contribution in [0.4, 0.5) is 0 Å². The van der Waals surface area contributed by atoms with Crippen molar-refractivity contribution < 1.29 is 33.5 Å². The minimum Gasteiger partial charge on any atom is -1.00 e. The van der Waals surface area contributed by atoms with E-state index in [2.05, 4.69) is 116 Å². The molecule has 0 aromatic heterocycles. The third-order valence-corrected chi connectivity index (χ3v) is 11.0. The van der Waals surface area contributed by atoms with Crippen LogP contribution in [0, 0.1) is 0 Å². The lowest BCUT2D eigenvalue weighted by Crippen LogP contribution is -3.00. The second kappa shape index (κ2) is 14.7. The zero-order valence-corrected chi connectivity index (χ0v) is 23.6. The molecule has 1 saturated heterocycles. The molecule has 3 aromatic rings. The molecule has 4 rings (SSSR count). The van der Waals surface area contributed by atoms with Gasteiger partial charge in [0.1, 0.15) is 23.2 Å². The van der Waals surface area contributed by atoms with Crippen LogP contribution in [0.5, 0.6) is 0 Å². The summed E-state index contributed by atoms with van der Waals surface area (Å²) in [6, 6.07) is 33.4. The molecule has 0 bridgehead atoms. The monoisotopic (exact) mass is 598 g/mol. The minimum absolute atomic E-state index is 0. The molecule has 0 unspecified atom stereocenters. The van der Waals surface area contributed by atoms with Gasteiger partial charge in [-0.3, -0.25) is 0 Å². The van der Waals surface area contributed by atoms with Crippen molar-refractivity contribution in [1.29, 1.82) is 0 Å². The summed E-state index contributed by atoms with van der Waals surface area (Å²) >= 11 is 0. The molecule has 0 spiro atoms. The van der Waals surface area contributed by atoms with E-state index in [9.17, 15) is 0 Å². The van der Waals surface area contributed by atoms with Crippen LogP contribution in [0.25, 0.3) is 0 Å². The number of benzene rings is 3. The van der Waals surface area contributed by atoms with Crippen LogP contribution in [0.1, 0.15) is 32.6 Å². The lowest BCUT2D eigenvalue weighted by atomic mass is 10.1. The van der Waals surface area contributed by atoms with E-state index in [1.807, 2.05) is 0 Å². The van der Waals surface area contributed by atoms with Crippen LogP contribution in [-0.2, 0) is 9.47 Å². The number of rotatable bonds is 11. The van der Waals surface area contributed by atoms with Crippen molar-refractivity contribution >= 4 is 23.2 Å². The number of ether oxygens (including phenoxy) is 2. The molecular formula is C31H36IO2P. The smallest absolute Gasteiger partial charge is 0.158 e. The molecule has 1 aliphatic rings. The SMILES string of the molecule is C/C(=C\C=C\CCC[P+](c1ccccc1)(c1ccccc1)c1ccccc1)CCC1OCCO1.[I-]. The average Bonchev–Trinajstić information content (AvgIpc) is 3.43. The largest absolute Gasteiger partial charge is 1.00 e. The first-order valence-electron chi connectivity index (χ1n) is 12.4. The molecule has 1 aliphatic heterocycles. The third kappa shape index (κ3) is 7.60. The molecule has 0 aliphatic carbocycles. The maximum Gasteiger partial charge on any atom is 0.158 e. The van der Waals surface area contributed by atoms with Crippen LogP contribution in [-0.4, -0.2) is 25.7 Å². The van der Waals surface area contributed by atoms with Gasteiger partial charge in [0.05, 0.1) is 19.4 Å². The first-order chi connectivity index (χ1) is 16.8. The van der Waals surface area contributed by atoms with Crippen LogP contribution in [0.3, 0.4) is 0 Å². The molecule has 1 fully saturated rings. The molecule has 1 heterocycles. The summed E-state index contributed by atoms with van der Waals surface area (Å²) in [6.45, 7) is 3.65. The van der Waals surface area contributed by atoms with Crippen molar-refractivity contribution in [1.82, 2.24) is 0 Å². The fourth-order valence-corrected chi connectivity index (χ4v) is 9.03. The summed E-state index contributed by atoms with van der Waals surface area (Å²) in [5.41, 5.74) is 1.37. The van der Waals surface area contributed by atoms with Crippen LogP contribution in [0.2, 0.25) is 0 Å². The normalized spacial score (nSPS) is 14.8. The van der Waals surface area contributed by atoms with E-state index in [0.717, 1.165) is 45.1 Å². The maximum absolute atomic E-state index is 5.54. The van der Waals surface area contributed by atoms with E-state index in [-0.39, 0.29) is 30.3 Å². The van der Waals surface area contributed by atoms with Gasteiger partial charge in [-0.2, -0.15) is 0 Å². The molecule has 184 valence electrons. The van der Waals surface area contributed by atoms with Gasteiger partial charge in [-0.1, -0.05) is 78.4 Å². The molecule has 4 heteroatoms. The lowest BCUT2D eigenvalue weighted by Gasteiger charge is -2.27. The number of halogens is 1. The molecule has 0 N–H and O–H groups in total. The Morgan fingerprint density at radius 3 is 1.77 bits per heavy atom. The van der Waals surface area contributed by atoms with Crippen molar-refractivity contribution in [2.45, 2.75) is 38.9 Å². The topological polar surface area (TPSA) is 18.5 Å². The zero-order valence-electron chi connectivity index (χ0n) is 20.6. The standard InChI is InChI=1S/C31H36O2P.HI/c1-27(22-23-31-32-24-25-33-31)15-7-2-3-14-26-34(28-16-8-4-9-17-28,29-18-10-5-11-19-29)30-20-12-6-13-21-30;/h2,4-13,15-21,31H,3,14,22-26H2,1H3;1H/q+1;/p-1/b7-2+,27-15+;. The molecule has 0 saturated carbocycles. The van der Waals surface area contributed by atoms with Gasteiger partial charge in [0.25, 0.3) is 0 Å². The first kappa shape index (κ1) is 27.8. The number of hydrogen-bond donors (Lipinski definition) is 0. The summed E-state index contributed by atoms with van der Waals surface area (Å²) in [5.74, 6) is 0. The summed E-state index contributed by atoms with van der Waals surface area (Å²) in [5, 5.41) is 4.38. The fourth-order valence-electron chi connectivity index (χ4n) is 4.66. The number of allylic oxidation sites excluding steroid dienone is 4. The Morgan fingerprint density at radius 2 is 1.29 bits per heavy atom. The molecule has 2 nitrogen and oxygen atoms in total. The van der Waals surface area contributed by atoms with Gasteiger partial charge in [0.15, 0.2) is 6.29 Å². The van der Waals surface area contributed by atoms with Gasteiger partial charge >= 0.3 is 0 Å². The Balaban J connectivity index is 0.00000342. The average molecular weight is 599 g/mol. The van der Waals surface area contributed by atoms with Gasteiger partial charge < -0.3 is 33.5 Å². The first-order valence-corrected chi connectivity index (χ1v) is 14.4. The predicted octanol–water partition coefficient (Wildman–Crippen LogP) is 3.42. The maximum atomic E-state index is 5.54. The fraction of sp³-hybridized carbons (Fsp3) is 0.290. The molecule has 3 aromatic carbocycles. The summed E-state index contributed by atoms with van der Waals surface area (Å²) < 4.78 is 11.1. The van der Waals surface area contributed by atoms with Crippen molar-refractivity contribution in [3.63, 3.8) is 0 Å². The minimum atomic E-state index is -1.72.